The second kappa shape index (κ2) is 12.4. The minimum atomic E-state index is 1.17. The average Bonchev–Trinajstić information content (AvgIpc) is 2.34. The van der Waals surface area contributed by atoms with Gasteiger partial charge in [0.05, 0.1) is 0 Å². The van der Waals surface area contributed by atoms with E-state index in [2.05, 4.69) is 35.8 Å². The van der Waals surface area contributed by atoms with Gasteiger partial charge in [-0.2, -0.15) is 0 Å². The fraction of sp³-hybridized carbons (Fsp3) is 0.500. The van der Waals surface area contributed by atoms with Gasteiger partial charge in [0.2, 0.25) is 0 Å². The summed E-state index contributed by atoms with van der Waals surface area (Å²) >= 11 is 1.76. The van der Waals surface area contributed by atoms with Crippen LogP contribution in [-0.2, 0) is 0 Å². The monoisotopic (exact) mass is 213 g/mol. The molecule has 1 N–H and O–H groups in total. The molecule has 0 aromatic heterocycles. The van der Waals surface area contributed by atoms with Crippen LogP contribution >= 0.6 is 11.8 Å². The first-order valence-corrected chi connectivity index (χ1v) is 6.41. The molecule has 0 unspecified atom stereocenters. The lowest BCUT2D eigenvalue weighted by atomic mass is 10.3. The van der Waals surface area contributed by atoms with Crippen LogP contribution in [0.4, 0.5) is 5.69 Å². The molecule has 1 aromatic carbocycles. The van der Waals surface area contributed by atoms with Crippen molar-refractivity contribution in [3.8, 4) is 0 Å². The summed E-state index contributed by atoms with van der Waals surface area (Å²) in [6.45, 7) is 8.00. The summed E-state index contributed by atoms with van der Waals surface area (Å²) in [5, 5.41) is 3.09. The molecule has 1 rings (SSSR count). The van der Waals surface area contributed by atoms with Gasteiger partial charge in [0.15, 0.2) is 0 Å². The Kier molecular flexibility index (Phi) is 14.0. The van der Waals surface area contributed by atoms with Gasteiger partial charge >= 0.3 is 0 Å². The molecule has 0 bridgehead atoms. The number of thioether (sulfide) groups is 1. The molecule has 1 nitrogen and oxygen atoms in total. The Morgan fingerprint density at radius 3 is 2.07 bits per heavy atom. The summed E-state index contributed by atoms with van der Waals surface area (Å²) in [5.74, 6) is 0. The van der Waals surface area contributed by atoms with Gasteiger partial charge in [0, 0.05) is 17.6 Å². The molecule has 0 saturated heterocycles. The average molecular weight is 213 g/mol. The molecule has 0 aliphatic carbocycles. The van der Waals surface area contributed by atoms with E-state index in [0.29, 0.717) is 0 Å². The van der Waals surface area contributed by atoms with Crippen molar-refractivity contribution in [1.29, 1.82) is 0 Å². The van der Waals surface area contributed by atoms with Crippen LogP contribution in [0.5, 0.6) is 0 Å². The van der Waals surface area contributed by atoms with Gasteiger partial charge in [-0.25, -0.2) is 0 Å². The molecule has 0 fully saturated rings. The number of benzene rings is 1. The van der Waals surface area contributed by atoms with E-state index in [1.165, 1.54) is 10.6 Å². The van der Waals surface area contributed by atoms with Gasteiger partial charge in [0.1, 0.15) is 0 Å². The fourth-order valence-electron chi connectivity index (χ4n) is 0.779. The SMILES string of the molecule is CC.CC.CNc1cccc(SC)c1. The topological polar surface area (TPSA) is 12.0 Å². The molecule has 82 valence electrons. The molecular formula is C12H23NS. The van der Waals surface area contributed by atoms with Gasteiger partial charge < -0.3 is 5.32 Å². The highest BCUT2D eigenvalue weighted by Crippen LogP contribution is 2.17. The van der Waals surface area contributed by atoms with E-state index in [1.54, 1.807) is 11.8 Å². The van der Waals surface area contributed by atoms with Gasteiger partial charge in [-0.05, 0) is 24.5 Å². The van der Waals surface area contributed by atoms with Crippen LogP contribution in [0.25, 0.3) is 0 Å². The van der Waals surface area contributed by atoms with Crippen molar-refractivity contribution in [2.75, 3.05) is 18.6 Å². The first-order valence-electron chi connectivity index (χ1n) is 5.18. The van der Waals surface area contributed by atoms with E-state index in [4.69, 9.17) is 0 Å². The number of rotatable bonds is 2. The molecule has 0 aliphatic rings. The van der Waals surface area contributed by atoms with Crippen LogP contribution in [-0.4, -0.2) is 13.3 Å². The highest BCUT2D eigenvalue weighted by atomic mass is 32.2. The zero-order valence-electron chi connectivity index (χ0n) is 10.2. The van der Waals surface area contributed by atoms with Gasteiger partial charge in [-0.1, -0.05) is 33.8 Å². The third-order valence-electron chi connectivity index (χ3n) is 1.36. The molecule has 14 heavy (non-hydrogen) atoms. The Labute approximate surface area is 93.3 Å². The highest BCUT2D eigenvalue weighted by Gasteiger charge is 1.89. The summed E-state index contributed by atoms with van der Waals surface area (Å²) in [7, 11) is 1.93. The second-order valence-corrected chi connectivity index (χ2v) is 2.86. The highest BCUT2D eigenvalue weighted by molar-refractivity contribution is 7.98. The smallest absolute Gasteiger partial charge is 0.0348 e. The Hall–Kier alpha value is -0.630. The molecule has 0 amide bonds. The lowest BCUT2D eigenvalue weighted by molar-refractivity contribution is 1.42. The van der Waals surface area contributed by atoms with Crippen LogP contribution in [0, 0.1) is 0 Å². The van der Waals surface area contributed by atoms with Gasteiger partial charge in [-0.3, -0.25) is 0 Å². The van der Waals surface area contributed by atoms with Crippen molar-refractivity contribution in [1.82, 2.24) is 0 Å². The third-order valence-corrected chi connectivity index (χ3v) is 2.08. The van der Waals surface area contributed by atoms with E-state index in [0.717, 1.165) is 0 Å². The fourth-order valence-corrected chi connectivity index (χ4v) is 1.24. The predicted octanol–water partition coefficient (Wildman–Crippen LogP) is 4.50. The first kappa shape index (κ1) is 15.8. The van der Waals surface area contributed by atoms with Gasteiger partial charge in [-0.15, -0.1) is 11.8 Å². The molecule has 0 atom stereocenters. The molecule has 0 radical (unpaired) electrons. The lowest BCUT2D eigenvalue weighted by Gasteiger charge is -2.00. The molecular weight excluding hydrogens is 190 g/mol. The van der Waals surface area contributed by atoms with E-state index >= 15 is 0 Å². The van der Waals surface area contributed by atoms with E-state index in [1.807, 2.05) is 34.7 Å². The van der Waals surface area contributed by atoms with Crippen LogP contribution in [0.15, 0.2) is 29.2 Å². The van der Waals surface area contributed by atoms with Crippen molar-refractivity contribution < 1.29 is 0 Å². The molecule has 0 spiro atoms. The molecule has 0 heterocycles. The summed E-state index contributed by atoms with van der Waals surface area (Å²) in [6, 6.07) is 8.34. The van der Waals surface area contributed by atoms with Gasteiger partial charge in [0.25, 0.3) is 0 Å². The summed E-state index contributed by atoms with van der Waals surface area (Å²) in [6.07, 6.45) is 2.08. The largest absolute Gasteiger partial charge is 0.388 e. The minimum Gasteiger partial charge on any atom is -0.388 e. The maximum absolute atomic E-state index is 3.09. The normalized spacial score (nSPS) is 7.57. The maximum atomic E-state index is 3.09. The van der Waals surface area contributed by atoms with Crippen molar-refractivity contribution >= 4 is 17.4 Å². The number of nitrogens with one attached hydrogen (secondary N) is 1. The van der Waals surface area contributed by atoms with Crippen molar-refractivity contribution in [3.05, 3.63) is 24.3 Å². The van der Waals surface area contributed by atoms with Crippen LogP contribution in [0.1, 0.15) is 27.7 Å². The molecule has 2 heteroatoms. The van der Waals surface area contributed by atoms with E-state index in [9.17, 15) is 0 Å². The molecule has 0 saturated carbocycles. The lowest BCUT2D eigenvalue weighted by Crippen LogP contribution is -1.86. The first-order chi connectivity index (χ1) is 6.86. The van der Waals surface area contributed by atoms with Crippen molar-refractivity contribution in [3.63, 3.8) is 0 Å². The Balaban J connectivity index is 0. The summed E-state index contributed by atoms with van der Waals surface area (Å²) in [5.41, 5.74) is 1.17. The Bertz CT molecular complexity index is 192. The quantitative estimate of drug-likeness (QED) is 0.726. The van der Waals surface area contributed by atoms with Crippen molar-refractivity contribution in [2.24, 2.45) is 0 Å². The zero-order valence-corrected chi connectivity index (χ0v) is 11.0. The standard InChI is InChI=1S/C8H11NS.2C2H6/c1-9-7-4-3-5-8(6-7)10-2;2*1-2/h3-6,9H,1-2H3;2*1-2H3. The van der Waals surface area contributed by atoms with Crippen molar-refractivity contribution in [2.45, 2.75) is 32.6 Å². The van der Waals surface area contributed by atoms with Crippen LogP contribution in [0.3, 0.4) is 0 Å². The minimum absolute atomic E-state index is 1.17. The Morgan fingerprint density at radius 2 is 1.64 bits per heavy atom. The molecule has 1 aromatic rings. The third kappa shape index (κ3) is 6.84. The van der Waals surface area contributed by atoms with Crippen LogP contribution < -0.4 is 5.32 Å². The van der Waals surface area contributed by atoms with Crippen LogP contribution in [0.2, 0.25) is 0 Å². The number of hydrogen-bond acceptors (Lipinski definition) is 2. The van der Waals surface area contributed by atoms with E-state index in [-0.39, 0.29) is 0 Å². The summed E-state index contributed by atoms with van der Waals surface area (Å²) < 4.78 is 0. The number of hydrogen-bond donors (Lipinski definition) is 1. The summed E-state index contributed by atoms with van der Waals surface area (Å²) in [4.78, 5) is 1.30. The Morgan fingerprint density at radius 1 is 1.07 bits per heavy atom. The maximum Gasteiger partial charge on any atom is 0.0348 e. The van der Waals surface area contributed by atoms with E-state index < -0.39 is 0 Å². The zero-order chi connectivity index (χ0) is 11.4. The predicted molar refractivity (Wildman–Crippen MR) is 70.5 cm³/mol. The second-order valence-electron chi connectivity index (χ2n) is 1.98. The number of anilines is 1. The molecule has 0 aliphatic heterocycles.